The van der Waals surface area contributed by atoms with Gasteiger partial charge in [0.15, 0.2) is 0 Å². The Morgan fingerprint density at radius 1 is 0.878 bits per heavy atom. The number of aliphatic hydroxyl groups excluding tert-OH is 1. The highest BCUT2D eigenvalue weighted by Crippen LogP contribution is 2.27. The molecule has 5 rings (SSSR count). The standard InChI is InChI=1S/C22H25ClN2O2.C10H8ClNO2/c23-21-7-4-8-22(20(21)14-24)27-16-19(26)15-25-11-9-18(10-12-25)13-17-5-2-1-3-6-17;11-9-2-1-3-10(8(9)4-12)14-6-7-5-13-7/h1-8,18-19,26H,9-13,15-16H2;1-3,7H,5-6H2/t19-;7-/m00/s1. The molecule has 2 aliphatic rings. The molecule has 0 spiro atoms. The zero-order chi connectivity index (χ0) is 29.0. The Morgan fingerprint density at radius 2 is 1.46 bits per heavy atom. The summed E-state index contributed by atoms with van der Waals surface area (Å²) in [5.41, 5.74) is 2.10. The van der Waals surface area contributed by atoms with Crippen LogP contribution in [0.15, 0.2) is 66.7 Å². The van der Waals surface area contributed by atoms with Crippen molar-refractivity contribution in [3.8, 4) is 23.6 Å². The van der Waals surface area contributed by atoms with E-state index >= 15 is 0 Å². The van der Waals surface area contributed by atoms with Crippen LogP contribution in [0.1, 0.15) is 29.5 Å². The van der Waals surface area contributed by atoms with Crippen LogP contribution in [0.3, 0.4) is 0 Å². The number of nitrogens with zero attached hydrogens (tertiary/aromatic N) is 3. The molecule has 3 aromatic carbocycles. The van der Waals surface area contributed by atoms with Crippen LogP contribution in [0, 0.1) is 28.6 Å². The highest BCUT2D eigenvalue weighted by atomic mass is 35.5. The Labute approximate surface area is 251 Å². The van der Waals surface area contributed by atoms with Gasteiger partial charge < -0.3 is 24.2 Å². The Hall–Kier alpha value is -3.30. The molecule has 7 nitrogen and oxygen atoms in total. The molecule has 2 atom stereocenters. The minimum absolute atomic E-state index is 0.152. The van der Waals surface area contributed by atoms with Crippen molar-refractivity contribution in [3.05, 3.63) is 93.5 Å². The largest absolute Gasteiger partial charge is 0.489 e. The van der Waals surface area contributed by atoms with Gasteiger partial charge in [0.25, 0.3) is 0 Å². The summed E-state index contributed by atoms with van der Waals surface area (Å²) >= 11 is 11.8. The van der Waals surface area contributed by atoms with Crippen LogP contribution in [0.25, 0.3) is 0 Å². The fourth-order valence-electron chi connectivity index (χ4n) is 4.67. The molecule has 2 heterocycles. The van der Waals surface area contributed by atoms with Gasteiger partial charge in [0, 0.05) is 6.54 Å². The molecule has 0 aliphatic carbocycles. The van der Waals surface area contributed by atoms with E-state index in [1.54, 1.807) is 36.4 Å². The van der Waals surface area contributed by atoms with Gasteiger partial charge in [-0.3, -0.25) is 0 Å². The Kier molecular flexibility index (Phi) is 11.7. The molecule has 2 aliphatic heterocycles. The SMILES string of the molecule is N#Cc1c(Cl)cccc1OC[C@@H](O)CN1CCC(Cc2ccccc2)CC1.N#Cc1c(Cl)cccc1OC[C@@H]1CO1. The lowest BCUT2D eigenvalue weighted by Gasteiger charge is -2.33. The molecule has 1 N–H and O–H groups in total. The van der Waals surface area contributed by atoms with Gasteiger partial charge in [-0.25, -0.2) is 0 Å². The first kappa shape index (κ1) is 30.7. The van der Waals surface area contributed by atoms with Crippen molar-refractivity contribution < 1.29 is 19.3 Å². The number of halogens is 2. The van der Waals surface area contributed by atoms with Gasteiger partial charge in [-0.1, -0.05) is 65.7 Å². The number of benzene rings is 3. The number of hydrogen-bond acceptors (Lipinski definition) is 7. The van der Waals surface area contributed by atoms with Gasteiger partial charge in [0.05, 0.1) is 16.7 Å². The Bertz CT molecular complexity index is 1350. The van der Waals surface area contributed by atoms with Gasteiger partial charge in [-0.05, 0) is 68.1 Å². The Morgan fingerprint density at radius 3 is 2.02 bits per heavy atom. The Balaban J connectivity index is 0.000000231. The lowest BCUT2D eigenvalue weighted by Crippen LogP contribution is -2.41. The van der Waals surface area contributed by atoms with Crippen molar-refractivity contribution in [1.29, 1.82) is 10.5 Å². The first-order valence-electron chi connectivity index (χ1n) is 13.7. The van der Waals surface area contributed by atoms with Gasteiger partial charge in [0.2, 0.25) is 0 Å². The van der Waals surface area contributed by atoms with E-state index in [4.69, 9.17) is 42.7 Å². The number of ether oxygens (including phenoxy) is 3. The molecule has 3 aromatic rings. The third-order valence-corrected chi connectivity index (χ3v) is 7.61. The van der Waals surface area contributed by atoms with Gasteiger partial charge in [-0.15, -0.1) is 0 Å². The van der Waals surface area contributed by atoms with Crippen LogP contribution in [0.2, 0.25) is 10.0 Å². The monoisotopic (exact) mass is 593 g/mol. The number of likely N-dealkylation sites (tertiary alicyclic amines) is 1. The number of aliphatic hydroxyl groups is 1. The molecule has 0 radical (unpaired) electrons. The summed E-state index contributed by atoms with van der Waals surface area (Å²) in [6.07, 6.45) is 3.01. The smallest absolute Gasteiger partial charge is 0.138 e. The van der Waals surface area contributed by atoms with Crippen LogP contribution < -0.4 is 9.47 Å². The van der Waals surface area contributed by atoms with E-state index in [2.05, 4.69) is 35.2 Å². The van der Waals surface area contributed by atoms with Crippen molar-refractivity contribution in [1.82, 2.24) is 4.90 Å². The van der Waals surface area contributed by atoms with Crippen LogP contribution in [0.5, 0.6) is 11.5 Å². The van der Waals surface area contributed by atoms with Gasteiger partial charge >= 0.3 is 0 Å². The summed E-state index contributed by atoms with van der Waals surface area (Å²) in [5, 5.41) is 29.1. The summed E-state index contributed by atoms with van der Waals surface area (Å²) in [6.45, 7) is 3.95. The van der Waals surface area contributed by atoms with Crippen LogP contribution in [0.4, 0.5) is 0 Å². The second kappa shape index (κ2) is 15.6. The molecule has 0 saturated carbocycles. The highest BCUT2D eigenvalue weighted by Gasteiger charge is 2.24. The van der Waals surface area contributed by atoms with Crippen LogP contribution >= 0.6 is 23.2 Å². The molecule has 0 aromatic heterocycles. The fourth-order valence-corrected chi connectivity index (χ4v) is 5.09. The topological polar surface area (TPSA) is 102 Å². The maximum absolute atomic E-state index is 10.3. The summed E-state index contributed by atoms with van der Waals surface area (Å²) in [6, 6.07) is 24.9. The van der Waals surface area contributed by atoms with E-state index in [-0.39, 0.29) is 12.7 Å². The average Bonchev–Trinajstić information content (AvgIpc) is 3.82. The quantitative estimate of drug-likeness (QED) is 0.292. The van der Waals surface area contributed by atoms with E-state index in [9.17, 15) is 10.4 Å². The zero-order valence-electron chi connectivity index (χ0n) is 22.7. The second-order valence-corrected chi connectivity index (χ2v) is 10.9. The number of epoxide rings is 1. The van der Waals surface area contributed by atoms with E-state index in [1.165, 1.54) is 5.56 Å². The summed E-state index contributed by atoms with van der Waals surface area (Å²) in [7, 11) is 0. The number of hydrogen-bond donors (Lipinski definition) is 1. The molecular weight excluding hydrogens is 561 g/mol. The van der Waals surface area contributed by atoms with Crippen molar-refractivity contribution in [2.75, 3.05) is 39.5 Å². The molecule has 0 amide bonds. The van der Waals surface area contributed by atoms with Crippen molar-refractivity contribution in [2.45, 2.75) is 31.5 Å². The lowest BCUT2D eigenvalue weighted by molar-refractivity contribution is 0.0550. The molecule has 41 heavy (non-hydrogen) atoms. The first-order valence-corrected chi connectivity index (χ1v) is 14.4. The van der Waals surface area contributed by atoms with E-state index in [0.717, 1.165) is 39.0 Å². The summed E-state index contributed by atoms with van der Waals surface area (Å²) < 4.78 is 16.0. The number of piperidine rings is 1. The second-order valence-electron chi connectivity index (χ2n) is 10.1. The maximum atomic E-state index is 10.3. The third-order valence-electron chi connectivity index (χ3n) is 6.98. The number of β-amino-alcohol motifs (C(OH)–C–C–N with tert-alkyl or cyclic N) is 1. The van der Waals surface area contributed by atoms with E-state index < -0.39 is 6.10 Å². The lowest BCUT2D eigenvalue weighted by atomic mass is 9.90. The summed E-state index contributed by atoms with van der Waals surface area (Å²) in [5.74, 6) is 1.66. The number of nitriles is 2. The molecule has 0 bridgehead atoms. The van der Waals surface area contributed by atoms with E-state index in [0.29, 0.717) is 51.7 Å². The molecule has 214 valence electrons. The van der Waals surface area contributed by atoms with Gasteiger partial charge in [-0.2, -0.15) is 10.5 Å². The zero-order valence-corrected chi connectivity index (χ0v) is 24.2. The van der Waals surface area contributed by atoms with Crippen molar-refractivity contribution in [3.63, 3.8) is 0 Å². The molecular formula is C32H33Cl2N3O4. The molecule has 2 saturated heterocycles. The minimum Gasteiger partial charge on any atom is -0.489 e. The van der Waals surface area contributed by atoms with Crippen molar-refractivity contribution in [2.24, 2.45) is 5.92 Å². The maximum Gasteiger partial charge on any atom is 0.138 e. The predicted octanol–water partition coefficient (Wildman–Crippen LogP) is 5.90. The molecule has 9 heteroatoms. The van der Waals surface area contributed by atoms with Crippen molar-refractivity contribution >= 4 is 23.2 Å². The normalized spacial score (nSPS) is 17.3. The number of rotatable bonds is 10. The third kappa shape index (κ3) is 9.64. The summed E-state index contributed by atoms with van der Waals surface area (Å²) in [4.78, 5) is 2.29. The molecule has 2 fully saturated rings. The van der Waals surface area contributed by atoms with Crippen LogP contribution in [-0.2, 0) is 11.2 Å². The minimum atomic E-state index is -0.596. The van der Waals surface area contributed by atoms with Gasteiger partial charge in [0.1, 0.15) is 60.2 Å². The molecule has 0 unspecified atom stereocenters. The predicted molar refractivity (Wildman–Crippen MR) is 158 cm³/mol. The fraction of sp³-hybridized carbons (Fsp3) is 0.375. The average molecular weight is 595 g/mol. The van der Waals surface area contributed by atoms with Crippen LogP contribution in [-0.4, -0.2) is 61.7 Å². The van der Waals surface area contributed by atoms with E-state index in [1.807, 2.05) is 12.1 Å². The first-order chi connectivity index (χ1) is 20.0. The highest BCUT2D eigenvalue weighted by molar-refractivity contribution is 6.32.